The summed E-state index contributed by atoms with van der Waals surface area (Å²) in [7, 11) is 2.01. The van der Waals surface area contributed by atoms with Gasteiger partial charge in [0.15, 0.2) is 0 Å². The molecular weight excluding hydrogens is 286 g/mol. The van der Waals surface area contributed by atoms with Crippen LogP contribution in [0, 0.1) is 0 Å². The molecule has 0 aliphatic rings. The van der Waals surface area contributed by atoms with Crippen LogP contribution in [-0.4, -0.2) is 12.0 Å². The van der Waals surface area contributed by atoms with Gasteiger partial charge >= 0.3 is 0 Å². The van der Waals surface area contributed by atoms with Crippen LogP contribution in [0.4, 0.5) is 11.4 Å². The van der Waals surface area contributed by atoms with Crippen LogP contribution >= 0.6 is 27.3 Å². The van der Waals surface area contributed by atoms with Gasteiger partial charge in [0.05, 0.1) is 29.1 Å². The highest BCUT2D eigenvalue weighted by Crippen LogP contribution is 2.27. The molecule has 5 heteroatoms. The molecule has 3 nitrogen and oxygen atoms in total. The van der Waals surface area contributed by atoms with Crippen LogP contribution in [0.5, 0.6) is 0 Å². The lowest BCUT2D eigenvalue weighted by atomic mass is 10.2. The first-order chi connectivity index (χ1) is 7.66. The monoisotopic (exact) mass is 297 g/mol. The summed E-state index contributed by atoms with van der Waals surface area (Å²) >= 11 is 5.05. The van der Waals surface area contributed by atoms with E-state index in [0.29, 0.717) is 0 Å². The van der Waals surface area contributed by atoms with Gasteiger partial charge in [0.25, 0.3) is 0 Å². The maximum atomic E-state index is 5.94. The van der Waals surface area contributed by atoms with Gasteiger partial charge in [0, 0.05) is 16.9 Å². The van der Waals surface area contributed by atoms with Gasteiger partial charge in [-0.05, 0) is 18.2 Å². The van der Waals surface area contributed by atoms with Gasteiger partial charge in [-0.2, -0.15) is 0 Å². The Morgan fingerprint density at radius 1 is 1.50 bits per heavy atom. The van der Waals surface area contributed by atoms with E-state index in [4.69, 9.17) is 5.73 Å². The minimum Gasteiger partial charge on any atom is -0.397 e. The number of anilines is 2. The molecule has 0 atom stereocenters. The van der Waals surface area contributed by atoms with Crippen molar-refractivity contribution in [2.45, 2.75) is 6.54 Å². The molecular formula is C11H12BrN3S. The van der Waals surface area contributed by atoms with E-state index in [1.807, 2.05) is 36.1 Å². The Bertz CT molecular complexity index is 470. The fourth-order valence-electron chi connectivity index (χ4n) is 1.49. The van der Waals surface area contributed by atoms with Crippen LogP contribution in [-0.2, 0) is 6.54 Å². The van der Waals surface area contributed by atoms with Gasteiger partial charge in [-0.25, -0.2) is 4.98 Å². The highest BCUT2D eigenvalue weighted by atomic mass is 79.9. The number of nitrogen functional groups attached to an aromatic ring is 1. The Kier molecular flexibility index (Phi) is 3.46. The Morgan fingerprint density at radius 3 is 3.00 bits per heavy atom. The molecule has 2 N–H and O–H groups in total. The Labute approximate surface area is 107 Å². The average Bonchev–Trinajstić information content (AvgIpc) is 2.74. The summed E-state index contributed by atoms with van der Waals surface area (Å²) in [5.41, 5.74) is 10.6. The predicted octanol–water partition coefficient (Wildman–Crippen LogP) is 3.12. The quantitative estimate of drug-likeness (QED) is 0.885. The topological polar surface area (TPSA) is 42.2 Å². The third-order valence-corrected chi connectivity index (χ3v) is 3.41. The van der Waals surface area contributed by atoms with Gasteiger partial charge in [0.1, 0.15) is 0 Å². The zero-order valence-corrected chi connectivity index (χ0v) is 11.3. The summed E-state index contributed by atoms with van der Waals surface area (Å²) in [6.07, 6.45) is 0. The second kappa shape index (κ2) is 4.84. The highest BCUT2D eigenvalue weighted by Gasteiger charge is 2.07. The molecule has 0 aliphatic heterocycles. The average molecular weight is 298 g/mol. The molecule has 16 heavy (non-hydrogen) atoms. The minimum absolute atomic E-state index is 0.768. The summed E-state index contributed by atoms with van der Waals surface area (Å²) in [5, 5.41) is 2.05. The zero-order valence-electron chi connectivity index (χ0n) is 8.85. The normalized spacial score (nSPS) is 10.4. The molecule has 0 amide bonds. The molecule has 0 aliphatic carbocycles. The molecule has 0 spiro atoms. The summed E-state index contributed by atoms with van der Waals surface area (Å²) in [6.45, 7) is 0.768. The third kappa shape index (κ3) is 2.54. The number of hydrogen-bond donors (Lipinski definition) is 1. The summed E-state index contributed by atoms with van der Waals surface area (Å²) in [5.74, 6) is 0. The summed E-state index contributed by atoms with van der Waals surface area (Å²) < 4.78 is 1.03. The largest absolute Gasteiger partial charge is 0.397 e. The maximum Gasteiger partial charge on any atom is 0.0795 e. The fourth-order valence-corrected chi connectivity index (χ4v) is 2.39. The fraction of sp³-hybridized carbons (Fsp3) is 0.182. The lowest BCUT2D eigenvalue weighted by Crippen LogP contribution is -2.17. The van der Waals surface area contributed by atoms with E-state index >= 15 is 0 Å². The molecule has 1 aromatic heterocycles. The van der Waals surface area contributed by atoms with Crippen molar-refractivity contribution in [1.82, 2.24) is 4.98 Å². The number of halogens is 1. The van der Waals surface area contributed by atoms with E-state index in [-0.39, 0.29) is 0 Å². The van der Waals surface area contributed by atoms with Gasteiger partial charge in [-0.1, -0.05) is 15.9 Å². The van der Waals surface area contributed by atoms with Crippen molar-refractivity contribution in [3.63, 3.8) is 0 Å². The maximum absolute atomic E-state index is 5.94. The van der Waals surface area contributed by atoms with Gasteiger partial charge in [0.2, 0.25) is 0 Å². The molecule has 0 saturated heterocycles. The first kappa shape index (κ1) is 11.4. The van der Waals surface area contributed by atoms with E-state index in [1.54, 1.807) is 11.3 Å². The van der Waals surface area contributed by atoms with Crippen molar-refractivity contribution in [3.8, 4) is 0 Å². The molecule has 2 rings (SSSR count). The van der Waals surface area contributed by atoms with E-state index < -0.39 is 0 Å². The zero-order chi connectivity index (χ0) is 11.5. The number of benzene rings is 1. The van der Waals surface area contributed by atoms with Crippen molar-refractivity contribution in [2.75, 3.05) is 17.7 Å². The number of hydrogen-bond acceptors (Lipinski definition) is 4. The van der Waals surface area contributed by atoms with Gasteiger partial charge in [-0.3, -0.25) is 0 Å². The number of thiazole rings is 1. The van der Waals surface area contributed by atoms with Crippen LogP contribution in [0.1, 0.15) is 5.69 Å². The van der Waals surface area contributed by atoms with Crippen molar-refractivity contribution >= 4 is 38.6 Å². The Hall–Kier alpha value is -1.07. The minimum atomic E-state index is 0.768. The smallest absolute Gasteiger partial charge is 0.0795 e. The highest BCUT2D eigenvalue weighted by molar-refractivity contribution is 9.10. The van der Waals surface area contributed by atoms with Crippen LogP contribution in [0.3, 0.4) is 0 Å². The third-order valence-electron chi connectivity index (χ3n) is 2.29. The first-order valence-electron chi connectivity index (χ1n) is 4.80. The standard InChI is InChI=1S/C11H12BrN3S/c1-15(5-9-6-16-7-14-9)11-4-8(12)2-3-10(11)13/h2-4,6-7H,5,13H2,1H3. The lowest BCUT2D eigenvalue weighted by molar-refractivity contribution is 0.896. The Balaban J connectivity index is 2.20. The van der Waals surface area contributed by atoms with Crippen molar-refractivity contribution in [2.24, 2.45) is 0 Å². The Morgan fingerprint density at radius 2 is 2.31 bits per heavy atom. The van der Waals surface area contributed by atoms with Crippen molar-refractivity contribution < 1.29 is 0 Å². The number of aromatic nitrogens is 1. The first-order valence-corrected chi connectivity index (χ1v) is 6.53. The predicted molar refractivity (Wildman–Crippen MR) is 72.8 cm³/mol. The molecule has 84 valence electrons. The van der Waals surface area contributed by atoms with Crippen LogP contribution < -0.4 is 10.6 Å². The number of nitrogens with zero attached hydrogens (tertiary/aromatic N) is 2. The van der Waals surface area contributed by atoms with Crippen molar-refractivity contribution in [3.05, 3.63) is 39.3 Å². The van der Waals surface area contributed by atoms with Crippen LogP contribution in [0.2, 0.25) is 0 Å². The summed E-state index contributed by atoms with van der Waals surface area (Å²) in [6, 6.07) is 5.86. The van der Waals surface area contributed by atoms with E-state index in [0.717, 1.165) is 28.1 Å². The van der Waals surface area contributed by atoms with Crippen LogP contribution in [0.25, 0.3) is 0 Å². The molecule has 2 aromatic rings. The number of nitrogens with two attached hydrogens (primary N) is 1. The SMILES string of the molecule is CN(Cc1cscn1)c1cc(Br)ccc1N. The number of rotatable bonds is 3. The molecule has 0 bridgehead atoms. The molecule has 1 aromatic carbocycles. The van der Waals surface area contributed by atoms with Gasteiger partial charge in [-0.15, -0.1) is 11.3 Å². The van der Waals surface area contributed by atoms with E-state index in [2.05, 4.69) is 25.8 Å². The van der Waals surface area contributed by atoms with E-state index in [9.17, 15) is 0 Å². The van der Waals surface area contributed by atoms with Crippen LogP contribution in [0.15, 0.2) is 33.6 Å². The van der Waals surface area contributed by atoms with E-state index in [1.165, 1.54) is 0 Å². The molecule has 0 saturated carbocycles. The summed E-state index contributed by atoms with van der Waals surface area (Å²) in [4.78, 5) is 6.35. The van der Waals surface area contributed by atoms with Crippen molar-refractivity contribution in [1.29, 1.82) is 0 Å². The molecule has 0 unspecified atom stereocenters. The molecule has 0 fully saturated rings. The van der Waals surface area contributed by atoms with Gasteiger partial charge < -0.3 is 10.6 Å². The second-order valence-corrected chi connectivity index (χ2v) is 5.17. The second-order valence-electron chi connectivity index (χ2n) is 3.54. The molecule has 0 radical (unpaired) electrons. The lowest BCUT2D eigenvalue weighted by Gasteiger charge is -2.20. The molecule has 1 heterocycles.